The molecular weight excluding hydrogens is 296 g/mol. The second-order valence-corrected chi connectivity index (χ2v) is 4.75. The molecule has 2 rings (SSSR count). The third kappa shape index (κ3) is 2.79. The number of ketones is 1. The van der Waals surface area contributed by atoms with E-state index in [0.29, 0.717) is 17.1 Å². The third-order valence-electron chi connectivity index (χ3n) is 2.48. The molecule has 5 heteroatoms. The number of Topliss-reactive ketones (excluding diaryl/α,β-unsaturated/α-hetero) is 1. The van der Waals surface area contributed by atoms with Crippen molar-refractivity contribution in [1.29, 1.82) is 0 Å². The number of halogens is 1. The van der Waals surface area contributed by atoms with E-state index in [4.69, 9.17) is 4.74 Å². The highest BCUT2D eigenvalue weighted by Crippen LogP contribution is 2.28. The van der Waals surface area contributed by atoms with Gasteiger partial charge < -0.3 is 4.74 Å². The average molecular weight is 309 g/mol. The number of nitrogens with zero attached hydrogens (tertiary/aromatic N) is 2. The lowest BCUT2D eigenvalue weighted by Crippen LogP contribution is -1.97. The molecule has 1 aromatic carbocycles. The van der Waals surface area contributed by atoms with Crippen LogP contribution in [0, 0.1) is 0 Å². The summed E-state index contributed by atoms with van der Waals surface area (Å²) in [7, 11) is 0. The minimum absolute atomic E-state index is 0.0332. The summed E-state index contributed by atoms with van der Waals surface area (Å²) in [5, 5.41) is 4.12. The van der Waals surface area contributed by atoms with E-state index in [1.54, 1.807) is 29.2 Å². The zero-order valence-electron chi connectivity index (χ0n) is 10.2. The van der Waals surface area contributed by atoms with E-state index in [1.807, 2.05) is 13.0 Å². The van der Waals surface area contributed by atoms with Crippen molar-refractivity contribution in [2.45, 2.75) is 20.4 Å². The summed E-state index contributed by atoms with van der Waals surface area (Å²) in [5.74, 6) is 1.14. The van der Waals surface area contributed by atoms with E-state index in [2.05, 4.69) is 21.0 Å². The average Bonchev–Trinajstić information content (AvgIpc) is 2.79. The van der Waals surface area contributed by atoms with Crippen molar-refractivity contribution in [3.8, 4) is 11.5 Å². The van der Waals surface area contributed by atoms with Crippen molar-refractivity contribution in [3.63, 3.8) is 0 Å². The monoisotopic (exact) mass is 308 g/mol. The van der Waals surface area contributed by atoms with Crippen LogP contribution in [0.3, 0.4) is 0 Å². The van der Waals surface area contributed by atoms with Crippen LogP contribution in [0.2, 0.25) is 0 Å². The number of aryl methyl sites for hydroxylation is 1. The Morgan fingerprint density at radius 1 is 1.50 bits per heavy atom. The smallest absolute Gasteiger partial charge is 0.165 e. The molecular formula is C13H13BrN2O2. The summed E-state index contributed by atoms with van der Waals surface area (Å²) >= 11 is 3.34. The Balaban J connectivity index is 2.30. The van der Waals surface area contributed by atoms with Gasteiger partial charge in [0.2, 0.25) is 0 Å². The topological polar surface area (TPSA) is 44.1 Å². The van der Waals surface area contributed by atoms with Gasteiger partial charge in [-0.3, -0.25) is 9.48 Å². The molecule has 0 atom stereocenters. The highest BCUT2D eigenvalue weighted by Gasteiger charge is 2.10. The van der Waals surface area contributed by atoms with Crippen molar-refractivity contribution in [2.75, 3.05) is 0 Å². The van der Waals surface area contributed by atoms with Gasteiger partial charge in [0.05, 0.1) is 18.0 Å². The van der Waals surface area contributed by atoms with Gasteiger partial charge in [-0.25, -0.2) is 0 Å². The summed E-state index contributed by atoms with van der Waals surface area (Å²) < 4.78 is 8.30. The van der Waals surface area contributed by atoms with E-state index >= 15 is 0 Å². The van der Waals surface area contributed by atoms with Gasteiger partial charge in [-0.1, -0.05) is 15.9 Å². The van der Waals surface area contributed by atoms with Crippen molar-refractivity contribution in [1.82, 2.24) is 9.78 Å². The normalized spacial score (nSPS) is 10.4. The van der Waals surface area contributed by atoms with E-state index < -0.39 is 0 Å². The van der Waals surface area contributed by atoms with E-state index in [0.717, 1.165) is 11.0 Å². The second kappa shape index (κ2) is 5.35. The minimum atomic E-state index is -0.0332. The van der Waals surface area contributed by atoms with Crippen LogP contribution >= 0.6 is 15.9 Å². The number of carbonyl (C=O) groups is 1. The first kappa shape index (κ1) is 12.8. The molecule has 0 saturated carbocycles. The Morgan fingerprint density at radius 3 is 2.89 bits per heavy atom. The van der Waals surface area contributed by atoms with Crippen molar-refractivity contribution in [3.05, 3.63) is 40.6 Å². The predicted octanol–water partition coefficient (Wildman–Crippen LogP) is 3.66. The maximum Gasteiger partial charge on any atom is 0.165 e. The fourth-order valence-corrected chi connectivity index (χ4v) is 1.92. The lowest BCUT2D eigenvalue weighted by molar-refractivity contribution is 0.101. The molecule has 0 saturated heterocycles. The van der Waals surface area contributed by atoms with Crippen molar-refractivity contribution < 1.29 is 9.53 Å². The predicted molar refractivity (Wildman–Crippen MR) is 72.1 cm³/mol. The first-order chi connectivity index (χ1) is 8.60. The standard InChI is InChI=1S/C13H13BrN2O2/c1-3-16-8-11(7-15-16)18-13-5-4-10(14)6-12(13)9(2)17/h4-8H,3H2,1-2H3. The number of ether oxygens (including phenoxy) is 1. The Kier molecular flexibility index (Phi) is 3.81. The highest BCUT2D eigenvalue weighted by atomic mass is 79.9. The van der Waals surface area contributed by atoms with E-state index in [1.165, 1.54) is 6.92 Å². The first-order valence-corrected chi connectivity index (χ1v) is 6.40. The maximum absolute atomic E-state index is 11.5. The van der Waals surface area contributed by atoms with Gasteiger partial charge >= 0.3 is 0 Å². The van der Waals surface area contributed by atoms with Gasteiger partial charge in [0.25, 0.3) is 0 Å². The molecule has 18 heavy (non-hydrogen) atoms. The largest absolute Gasteiger partial charge is 0.453 e. The fourth-order valence-electron chi connectivity index (χ4n) is 1.56. The molecule has 0 N–H and O–H groups in total. The van der Waals surface area contributed by atoms with E-state index in [9.17, 15) is 4.79 Å². The Bertz CT molecular complexity index is 578. The molecule has 2 aromatic rings. The molecule has 0 spiro atoms. The summed E-state index contributed by atoms with van der Waals surface area (Å²) in [6, 6.07) is 5.36. The molecule has 1 aromatic heterocycles. The molecule has 0 aliphatic carbocycles. The molecule has 0 aliphatic rings. The minimum Gasteiger partial charge on any atom is -0.453 e. The maximum atomic E-state index is 11.5. The van der Waals surface area contributed by atoms with Gasteiger partial charge in [0, 0.05) is 11.0 Å². The molecule has 0 unspecified atom stereocenters. The van der Waals surface area contributed by atoms with Crippen LogP contribution in [0.25, 0.3) is 0 Å². The van der Waals surface area contributed by atoms with Gasteiger partial charge in [-0.2, -0.15) is 5.10 Å². The molecule has 0 aliphatic heterocycles. The molecule has 0 radical (unpaired) electrons. The molecule has 0 amide bonds. The third-order valence-corrected chi connectivity index (χ3v) is 2.98. The summed E-state index contributed by atoms with van der Waals surface area (Å²) in [6.45, 7) is 4.30. The Morgan fingerprint density at radius 2 is 2.28 bits per heavy atom. The van der Waals surface area contributed by atoms with Crippen LogP contribution in [0.4, 0.5) is 0 Å². The lowest BCUT2D eigenvalue weighted by atomic mass is 10.1. The fraction of sp³-hybridized carbons (Fsp3) is 0.231. The zero-order chi connectivity index (χ0) is 13.1. The number of benzene rings is 1. The van der Waals surface area contributed by atoms with Crippen LogP contribution < -0.4 is 4.74 Å². The lowest BCUT2D eigenvalue weighted by Gasteiger charge is -2.07. The van der Waals surface area contributed by atoms with Gasteiger partial charge in [-0.05, 0) is 32.0 Å². The molecule has 0 fully saturated rings. The van der Waals surface area contributed by atoms with Gasteiger partial charge in [-0.15, -0.1) is 0 Å². The van der Waals surface area contributed by atoms with Gasteiger partial charge in [0.1, 0.15) is 5.75 Å². The SMILES string of the molecule is CCn1cc(Oc2ccc(Br)cc2C(C)=O)cn1. The molecule has 1 heterocycles. The van der Waals surface area contributed by atoms with Crippen LogP contribution in [0.5, 0.6) is 11.5 Å². The van der Waals surface area contributed by atoms with Crippen LogP contribution in [-0.4, -0.2) is 15.6 Å². The Hall–Kier alpha value is -1.62. The summed E-state index contributed by atoms with van der Waals surface area (Å²) in [4.78, 5) is 11.5. The Labute approximate surface area is 114 Å². The quantitative estimate of drug-likeness (QED) is 0.810. The van der Waals surface area contributed by atoms with Gasteiger partial charge in [0.15, 0.2) is 11.5 Å². The van der Waals surface area contributed by atoms with Crippen molar-refractivity contribution >= 4 is 21.7 Å². The van der Waals surface area contributed by atoms with Crippen LogP contribution in [0.1, 0.15) is 24.2 Å². The van der Waals surface area contributed by atoms with Crippen LogP contribution in [0.15, 0.2) is 35.1 Å². The first-order valence-electron chi connectivity index (χ1n) is 5.61. The number of aromatic nitrogens is 2. The number of carbonyl (C=O) groups excluding carboxylic acids is 1. The zero-order valence-corrected chi connectivity index (χ0v) is 11.8. The highest BCUT2D eigenvalue weighted by molar-refractivity contribution is 9.10. The second-order valence-electron chi connectivity index (χ2n) is 3.83. The molecule has 4 nitrogen and oxygen atoms in total. The number of hydrogen-bond donors (Lipinski definition) is 0. The van der Waals surface area contributed by atoms with Crippen LogP contribution in [-0.2, 0) is 6.54 Å². The molecule has 94 valence electrons. The molecule has 0 bridgehead atoms. The summed E-state index contributed by atoms with van der Waals surface area (Å²) in [6.07, 6.45) is 3.43. The number of hydrogen-bond acceptors (Lipinski definition) is 3. The number of rotatable bonds is 4. The van der Waals surface area contributed by atoms with E-state index in [-0.39, 0.29) is 5.78 Å². The summed E-state index contributed by atoms with van der Waals surface area (Å²) in [5.41, 5.74) is 0.550. The van der Waals surface area contributed by atoms with Crippen molar-refractivity contribution in [2.24, 2.45) is 0 Å².